The van der Waals surface area contributed by atoms with Crippen LogP contribution in [0.5, 0.6) is 0 Å². The van der Waals surface area contributed by atoms with Gasteiger partial charge in [-0.05, 0) is 32.3 Å². The Labute approximate surface area is 121 Å². The minimum atomic E-state index is -0.0566. The zero-order valence-corrected chi connectivity index (χ0v) is 12.7. The van der Waals surface area contributed by atoms with Gasteiger partial charge in [0.05, 0.1) is 33.0 Å². The third kappa shape index (κ3) is 2.79. The lowest BCUT2D eigenvalue weighted by Gasteiger charge is -2.15. The lowest BCUT2D eigenvalue weighted by molar-refractivity contribution is 0.520. The molecule has 0 spiro atoms. The Morgan fingerprint density at radius 1 is 1.42 bits per heavy atom. The predicted octanol–water partition coefficient (Wildman–Crippen LogP) is 1.77. The van der Waals surface area contributed by atoms with Crippen LogP contribution in [0.1, 0.15) is 34.9 Å². The van der Waals surface area contributed by atoms with E-state index in [2.05, 4.69) is 20.1 Å². The first-order chi connectivity index (χ1) is 9.08. The first-order valence-corrected chi connectivity index (χ1v) is 7.20. The van der Waals surface area contributed by atoms with Crippen LogP contribution in [0.4, 0.5) is 0 Å². The van der Waals surface area contributed by atoms with E-state index in [4.69, 9.17) is 17.4 Å². The molecule has 0 amide bonds. The molecular formula is C11H17ClN6S. The van der Waals surface area contributed by atoms with Crippen molar-refractivity contribution < 1.29 is 0 Å². The molecular weight excluding hydrogens is 284 g/mol. The van der Waals surface area contributed by atoms with Gasteiger partial charge in [0.1, 0.15) is 0 Å². The summed E-state index contributed by atoms with van der Waals surface area (Å²) in [7, 11) is 0. The highest BCUT2D eigenvalue weighted by molar-refractivity contribution is 7.05. The summed E-state index contributed by atoms with van der Waals surface area (Å²) in [6, 6.07) is -0.0566. The number of nitrogens with one attached hydrogen (secondary N) is 1. The molecule has 104 valence electrons. The molecule has 0 aliphatic rings. The number of nitrogens with two attached hydrogens (primary N) is 1. The Balaban J connectivity index is 2.31. The molecule has 0 saturated carbocycles. The van der Waals surface area contributed by atoms with Gasteiger partial charge in [-0.2, -0.15) is 5.10 Å². The average molecular weight is 301 g/mol. The number of hydrogen-bond donors (Lipinski definition) is 2. The van der Waals surface area contributed by atoms with Crippen LogP contribution in [0, 0.1) is 13.8 Å². The number of aromatic nitrogens is 4. The standard InChI is InChI=1S/C11H17ClN6S/c1-4-18-9(10(12)6(2)16-18)5-8(14-13)11-7(3)15-17-19-11/h8,14H,4-5,13H2,1-3H3. The molecule has 8 heteroatoms. The van der Waals surface area contributed by atoms with Gasteiger partial charge in [0.15, 0.2) is 0 Å². The third-order valence-electron chi connectivity index (χ3n) is 3.05. The smallest absolute Gasteiger partial charge is 0.0847 e. The van der Waals surface area contributed by atoms with E-state index < -0.39 is 0 Å². The minimum Gasteiger partial charge on any atom is -0.271 e. The summed E-state index contributed by atoms with van der Waals surface area (Å²) in [5.74, 6) is 5.66. The van der Waals surface area contributed by atoms with Gasteiger partial charge >= 0.3 is 0 Å². The van der Waals surface area contributed by atoms with Crippen molar-refractivity contribution in [1.29, 1.82) is 0 Å². The van der Waals surface area contributed by atoms with Crippen LogP contribution in [0.2, 0.25) is 5.02 Å². The van der Waals surface area contributed by atoms with Crippen LogP contribution in [0.25, 0.3) is 0 Å². The maximum Gasteiger partial charge on any atom is 0.0847 e. The molecule has 0 aromatic carbocycles. The van der Waals surface area contributed by atoms with E-state index in [0.717, 1.165) is 28.5 Å². The summed E-state index contributed by atoms with van der Waals surface area (Å²) < 4.78 is 5.85. The molecule has 0 radical (unpaired) electrons. The minimum absolute atomic E-state index is 0.0566. The van der Waals surface area contributed by atoms with Crippen LogP contribution in [-0.2, 0) is 13.0 Å². The monoisotopic (exact) mass is 300 g/mol. The van der Waals surface area contributed by atoms with Crippen molar-refractivity contribution in [2.45, 2.75) is 39.8 Å². The summed E-state index contributed by atoms with van der Waals surface area (Å²) in [5, 5.41) is 9.13. The van der Waals surface area contributed by atoms with Crippen molar-refractivity contribution in [3.8, 4) is 0 Å². The molecule has 2 aromatic rings. The van der Waals surface area contributed by atoms with Crippen LogP contribution in [0.15, 0.2) is 0 Å². The molecule has 0 aliphatic carbocycles. The lowest BCUT2D eigenvalue weighted by atomic mass is 10.1. The van der Waals surface area contributed by atoms with E-state index in [1.807, 2.05) is 25.5 Å². The highest BCUT2D eigenvalue weighted by Gasteiger charge is 2.21. The quantitative estimate of drug-likeness (QED) is 0.650. The van der Waals surface area contributed by atoms with E-state index in [0.29, 0.717) is 11.4 Å². The maximum atomic E-state index is 6.32. The summed E-state index contributed by atoms with van der Waals surface area (Å²) in [4.78, 5) is 1.03. The van der Waals surface area contributed by atoms with Crippen molar-refractivity contribution in [3.05, 3.63) is 27.0 Å². The first-order valence-electron chi connectivity index (χ1n) is 6.05. The molecule has 2 aromatic heterocycles. The fourth-order valence-electron chi connectivity index (χ4n) is 2.04. The Morgan fingerprint density at radius 3 is 2.68 bits per heavy atom. The second-order valence-corrected chi connectivity index (χ2v) is 5.47. The molecule has 1 unspecified atom stereocenters. The average Bonchev–Trinajstić information content (AvgIpc) is 2.93. The topological polar surface area (TPSA) is 81.7 Å². The number of nitrogens with zero attached hydrogens (tertiary/aromatic N) is 4. The van der Waals surface area contributed by atoms with Gasteiger partial charge in [-0.1, -0.05) is 16.1 Å². The van der Waals surface area contributed by atoms with Crippen molar-refractivity contribution in [2.24, 2.45) is 5.84 Å². The molecule has 6 nitrogen and oxygen atoms in total. The summed E-state index contributed by atoms with van der Waals surface area (Å²) in [6.45, 7) is 6.65. The summed E-state index contributed by atoms with van der Waals surface area (Å²) in [5.41, 5.74) is 5.53. The molecule has 0 saturated heterocycles. The fraction of sp³-hybridized carbons (Fsp3) is 0.545. The first kappa shape index (κ1) is 14.4. The number of hydrazine groups is 1. The number of hydrogen-bond acceptors (Lipinski definition) is 6. The number of halogens is 1. The Morgan fingerprint density at radius 2 is 2.16 bits per heavy atom. The molecule has 2 rings (SSSR count). The lowest BCUT2D eigenvalue weighted by Crippen LogP contribution is -2.30. The van der Waals surface area contributed by atoms with E-state index in [-0.39, 0.29) is 6.04 Å². The highest BCUT2D eigenvalue weighted by Crippen LogP contribution is 2.28. The van der Waals surface area contributed by atoms with Crippen LogP contribution in [0.3, 0.4) is 0 Å². The SMILES string of the molecule is CCn1nc(C)c(Cl)c1CC(NN)c1snnc1C. The van der Waals surface area contributed by atoms with Crippen molar-refractivity contribution in [1.82, 2.24) is 24.8 Å². The second-order valence-electron chi connectivity index (χ2n) is 4.31. The molecule has 0 aliphatic heterocycles. The highest BCUT2D eigenvalue weighted by atomic mass is 35.5. The Bertz CT molecular complexity index is 564. The molecule has 2 heterocycles. The maximum absolute atomic E-state index is 6.32. The van der Waals surface area contributed by atoms with Crippen molar-refractivity contribution >= 4 is 23.1 Å². The van der Waals surface area contributed by atoms with Crippen LogP contribution < -0.4 is 11.3 Å². The zero-order chi connectivity index (χ0) is 14.0. The van der Waals surface area contributed by atoms with Crippen LogP contribution in [-0.4, -0.2) is 19.4 Å². The number of aryl methyl sites for hydroxylation is 3. The van der Waals surface area contributed by atoms with E-state index in [1.165, 1.54) is 11.5 Å². The van der Waals surface area contributed by atoms with Gasteiger partial charge in [-0.3, -0.25) is 16.0 Å². The Hall–Kier alpha value is -1.02. The van der Waals surface area contributed by atoms with Gasteiger partial charge in [0.2, 0.25) is 0 Å². The molecule has 1 atom stereocenters. The molecule has 3 N–H and O–H groups in total. The Kier molecular flexibility index (Phi) is 4.51. The van der Waals surface area contributed by atoms with Gasteiger partial charge in [0.25, 0.3) is 0 Å². The normalized spacial score (nSPS) is 12.9. The largest absolute Gasteiger partial charge is 0.271 e. The second kappa shape index (κ2) is 5.96. The molecule has 0 bridgehead atoms. The van der Waals surface area contributed by atoms with Gasteiger partial charge < -0.3 is 0 Å². The third-order valence-corrected chi connectivity index (χ3v) is 4.49. The number of rotatable bonds is 5. The van der Waals surface area contributed by atoms with Gasteiger partial charge in [0, 0.05) is 13.0 Å². The molecule has 19 heavy (non-hydrogen) atoms. The van der Waals surface area contributed by atoms with E-state index >= 15 is 0 Å². The summed E-state index contributed by atoms with van der Waals surface area (Å²) in [6.07, 6.45) is 0.661. The van der Waals surface area contributed by atoms with Crippen LogP contribution >= 0.6 is 23.1 Å². The fourth-order valence-corrected chi connectivity index (χ4v) is 2.96. The van der Waals surface area contributed by atoms with Gasteiger partial charge in [-0.25, -0.2) is 0 Å². The summed E-state index contributed by atoms with van der Waals surface area (Å²) >= 11 is 7.67. The predicted molar refractivity (Wildman–Crippen MR) is 76.1 cm³/mol. The van der Waals surface area contributed by atoms with E-state index in [1.54, 1.807) is 0 Å². The van der Waals surface area contributed by atoms with E-state index in [9.17, 15) is 0 Å². The van der Waals surface area contributed by atoms with Gasteiger partial charge in [-0.15, -0.1) is 5.10 Å². The van der Waals surface area contributed by atoms with Crippen molar-refractivity contribution in [2.75, 3.05) is 0 Å². The molecule has 0 fully saturated rings. The zero-order valence-electron chi connectivity index (χ0n) is 11.1. The van der Waals surface area contributed by atoms with Crippen molar-refractivity contribution in [3.63, 3.8) is 0 Å².